The zero-order valence-corrected chi connectivity index (χ0v) is 10.0. The van der Waals surface area contributed by atoms with Gasteiger partial charge in [-0.05, 0) is 42.5 Å². The number of hydrogen-bond donors (Lipinski definition) is 2. The summed E-state index contributed by atoms with van der Waals surface area (Å²) in [5.74, 6) is 0.952. The first-order valence-corrected chi connectivity index (χ1v) is 6.18. The van der Waals surface area contributed by atoms with Crippen molar-refractivity contribution < 1.29 is 0 Å². The Balaban J connectivity index is 2.07. The fraction of sp³-hybridized carbons (Fsp3) is 0.357. The Labute approximate surface area is 101 Å². The molecule has 3 rings (SSSR count). The SMILES string of the molecule is CNc1nccc2cc([C@@H]3CCCN3)ccc12. The number of rotatable bonds is 2. The van der Waals surface area contributed by atoms with Crippen LogP contribution in [0.15, 0.2) is 30.5 Å². The number of aromatic nitrogens is 1. The fourth-order valence-corrected chi connectivity index (χ4v) is 2.58. The van der Waals surface area contributed by atoms with Gasteiger partial charge in [-0.1, -0.05) is 12.1 Å². The van der Waals surface area contributed by atoms with Gasteiger partial charge in [0.1, 0.15) is 5.82 Å². The Morgan fingerprint density at radius 3 is 3.06 bits per heavy atom. The second kappa shape index (κ2) is 4.34. The van der Waals surface area contributed by atoms with E-state index in [2.05, 4.69) is 39.9 Å². The molecule has 1 fully saturated rings. The summed E-state index contributed by atoms with van der Waals surface area (Å²) in [6, 6.07) is 9.28. The molecule has 0 amide bonds. The highest BCUT2D eigenvalue weighted by molar-refractivity contribution is 5.92. The van der Waals surface area contributed by atoms with Gasteiger partial charge < -0.3 is 10.6 Å². The van der Waals surface area contributed by atoms with Crippen molar-refractivity contribution in [2.75, 3.05) is 18.9 Å². The Morgan fingerprint density at radius 1 is 1.35 bits per heavy atom. The van der Waals surface area contributed by atoms with Crippen molar-refractivity contribution >= 4 is 16.6 Å². The van der Waals surface area contributed by atoms with Crippen LogP contribution in [0.3, 0.4) is 0 Å². The molecule has 0 unspecified atom stereocenters. The molecule has 2 aromatic rings. The van der Waals surface area contributed by atoms with E-state index in [0.29, 0.717) is 6.04 Å². The molecular weight excluding hydrogens is 210 g/mol. The topological polar surface area (TPSA) is 37.0 Å². The van der Waals surface area contributed by atoms with Crippen LogP contribution in [-0.4, -0.2) is 18.6 Å². The van der Waals surface area contributed by atoms with Crippen molar-refractivity contribution in [3.8, 4) is 0 Å². The minimum absolute atomic E-state index is 0.533. The van der Waals surface area contributed by atoms with Gasteiger partial charge >= 0.3 is 0 Å². The number of anilines is 1. The Bertz CT molecular complexity index is 530. The number of hydrogen-bond acceptors (Lipinski definition) is 3. The summed E-state index contributed by atoms with van der Waals surface area (Å²) >= 11 is 0. The lowest BCUT2D eigenvalue weighted by Crippen LogP contribution is -2.12. The summed E-state index contributed by atoms with van der Waals surface area (Å²) in [6.07, 6.45) is 4.39. The molecule has 1 aliphatic rings. The van der Waals surface area contributed by atoms with Gasteiger partial charge in [0, 0.05) is 24.7 Å². The Morgan fingerprint density at radius 2 is 2.29 bits per heavy atom. The molecule has 88 valence electrons. The predicted octanol–water partition coefficient (Wildman–Crippen LogP) is 2.70. The van der Waals surface area contributed by atoms with Gasteiger partial charge in [0.05, 0.1) is 0 Å². The Hall–Kier alpha value is -1.61. The van der Waals surface area contributed by atoms with E-state index in [1.165, 1.54) is 29.2 Å². The third-order valence-corrected chi connectivity index (χ3v) is 3.49. The molecule has 2 N–H and O–H groups in total. The van der Waals surface area contributed by atoms with E-state index in [9.17, 15) is 0 Å². The van der Waals surface area contributed by atoms with E-state index in [0.717, 1.165) is 12.4 Å². The largest absolute Gasteiger partial charge is 0.373 e. The lowest BCUT2D eigenvalue weighted by molar-refractivity contribution is 0.648. The molecule has 3 nitrogen and oxygen atoms in total. The maximum Gasteiger partial charge on any atom is 0.133 e. The smallest absolute Gasteiger partial charge is 0.133 e. The monoisotopic (exact) mass is 227 g/mol. The number of nitrogens with one attached hydrogen (secondary N) is 2. The normalized spacial score (nSPS) is 19.7. The molecule has 1 aliphatic heterocycles. The van der Waals surface area contributed by atoms with E-state index in [1.807, 2.05) is 13.2 Å². The minimum atomic E-state index is 0.533. The molecule has 1 aromatic carbocycles. The molecule has 17 heavy (non-hydrogen) atoms. The highest BCUT2D eigenvalue weighted by atomic mass is 15.0. The molecule has 2 heterocycles. The van der Waals surface area contributed by atoms with Crippen LogP contribution < -0.4 is 10.6 Å². The number of nitrogens with zero attached hydrogens (tertiary/aromatic N) is 1. The standard InChI is InChI=1S/C14H17N3/c1-15-14-12-5-4-11(13-3-2-7-16-13)9-10(12)6-8-17-14/h4-6,8-9,13,16H,2-3,7H2,1H3,(H,15,17)/t13-/m0/s1. The number of benzene rings is 1. The number of fused-ring (bicyclic) bond motifs is 1. The molecule has 1 aromatic heterocycles. The molecule has 0 saturated carbocycles. The van der Waals surface area contributed by atoms with E-state index < -0.39 is 0 Å². The highest BCUT2D eigenvalue weighted by Crippen LogP contribution is 2.28. The van der Waals surface area contributed by atoms with Crippen LogP contribution in [0, 0.1) is 0 Å². The second-order valence-corrected chi connectivity index (χ2v) is 4.54. The van der Waals surface area contributed by atoms with Gasteiger partial charge in [-0.2, -0.15) is 0 Å². The summed E-state index contributed by atoms with van der Waals surface area (Å²) in [4.78, 5) is 4.33. The van der Waals surface area contributed by atoms with Gasteiger partial charge in [0.25, 0.3) is 0 Å². The molecule has 0 spiro atoms. The average molecular weight is 227 g/mol. The molecule has 0 aliphatic carbocycles. The maximum absolute atomic E-state index is 4.33. The van der Waals surface area contributed by atoms with Crippen molar-refractivity contribution in [2.45, 2.75) is 18.9 Å². The third kappa shape index (κ3) is 1.87. The quantitative estimate of drug-likeness (QED) is 0.828. The summed E-state index contributed by atoms with van der Waals surface area (Å²) in [6.45, 7) is 1.14. The Kier molecular flexibility index (Phi) is 2.69. The summed E-state index contributed by atoms with van der Waals surface area (Å²) in [5.41, 5.74) is 1.39. The van der Waals surface area contributed by atoms with Crippen LogP contribution in [0.4, 0.5) is 5.82 Å². The van der Waals surface area contributed by atoms with Crippen molar-refractivity contribution in [1.29, 1.82) is 0 Å². The number of pyridine rings is 1. The van der Waals surface area contributed by atoms with Crippen LogP contribution in [-0.2, 0) is 0 Å². The fourth-order valence-electron chi connectivity index (χ4n) is 2.58. The van der Waals surface area contributed by atoms with Gasteiger partial charge in [-0.25, -0.2) is 4.98 Å². The molecule has 1 saturated heterocycles. The average Bonchev–Trinajstić information content (AvgIpc) is 2.91. The lowest BCUT2D eigenvalue weighted by Gasteiger charge is -2.12. The first-order valence-electron chi connectivity index (χ1n) is 6.18. The second-order valence-electron chi connectivity index (χ2n) is 4.54. The summed E-state index contributed by atoms with van der Waals surface area (Å²) in [7, 11) is 1.91. The van der Waals surface area contributed by atoms with Gasteiger partial charge in [0.15, 0.2) is 0 Å². The first kappa shape index (κ1) is 10.5. The van der Waals surface area contributed by atoms with Crippen molar-refractivity contribution in [1.82, 2.24) is 10.3 Å². The van der Waals surface area contributed by atoms with Gasteiger partial charge in [0.2, 0.25) is 0 Å². The van der Waals surface area contributed by atoms with Crippen molar-refractivity contribution in [3.05, 3.63) is 36.0 Å². The predicted molar refractivity (Wildman–Crippen MR) is 71.3 cm³/mol. The lowest BCUT2D eigenvalue weighted by atomic mass is 10.0. The molecule has 0 radical (unpaired) electrons. The van der Waals surface area contributed by atoms with Crippen LogP contribution >= 0.6 is 0 Å². The molecule has 0 bridgehead atoms. The minimum Gasteiger partial charge on any atom is -0.373 e. The summed E-state index contributed by atoms with van der Waals surface area (Å²) in [5, 5.41) is 9.12. The van der Waals surface area contributed by atoms with Crippen LogP contribution in [0.2, 0.25) is 0 Å². The van der Waals surface area contributed by atoms with E-state index >= 15 is 0 Å². The van der Waals surface area contributed by atoms with Crippen LogP contribution in [0.25, 0.3) is 10.8 Å². The molecule has 3 heteroatoms. The van der Waals surface area contributed by atoms with E-state index in [1.54, 1.807) is 0 Å². The van der Waals surface area contributed by atoms with Crippen LogP contribution in [0.1, 0.15) is 24.4 Å². The maximum atomic E-state index is 4.33. The first-order chi connectivity index (χ1) is 8.38. The van der Waals surface area contributed by atoms with Gasteiger partial charge in [-0.15, -0.1) is 0 Å². The van der Waals surface area contributed by atoms with Crippen molar-refractivity contribution in [3.63, 3.8) is 0 Å². The van der Waals surface area contributed by atoms with Crippen LogP contribution in [0.5, 0.6) is 0 Å². The summed E-state index contributed by atoms with van der Waals surface area (Å²) < 4.78 is 0. The van der Waals surface area contributed by atoms with E-state index in [-0.39, 0.29) is 0 Å². The zero-order valence-electron chi connectivity index (χ0n) is 10.0. The van der Waals surface area contributed by atoms with Gasteiger partial charge in [-0.3, -0.25) is 0 Å². The molecular formula is C14H17N3. The van der Waals surface area contributed by atoms with E-state index in [4.69, 9.17) is 0 Å². The third-order valence-electron chi connectivity index (χ3n) is 3.49. The highest BCUT2D eigenvalue weighted by Gasteiger charge is 2.16. The van der Waals surface area contributed by atoms with Crippen molar-refractivity contribution in [2.24, 2.45) is 0 Å². The zero-order chi connectivity index (χ0) is 11.7. The molecule has 1 atom stereocenters.